The fraction of sp³-hybridized carbons (Fsp3) is 0.476. The predicted octanol–water partition coefficient (Wildman–Crippen LogP) is 1.46. The minimum Gasteiger partial charge on any atom is -0.365 e. The molecule has 2 aromatic rings. The number of aromatic nitrogens is 1. The van der Waals surface area contributed by atoms with Gasteiger partial charge in [-0.2, -0.15) is 5.26 Å². The lowest BCUT2D eigenvalue weighted by Crippen LogP contribution is -2.53. The van der Waals surface area contributed by atoms with Crippen LogP contribution in [0.1, 0.15) is 12.5 Å². The van der Waals surface area contributed by atoms with Gasteiger partial charge in [0, 0.05) is 42.9 Å². The van der Waals surface area contributed by atoms with Crippen molar-refractivity contribution < 1.29 is 9.53 Å². The van der Waals surface area contributed by atoms with Crippen LogP contribution in [0, 0.1) is 23.2 Å². The number of piperidine rings is 1. The first-order valence-corrected chi connectivity index (χ1v) is 9.85. The molecule has 2 saturated heterocycles. The molecule has 3 fully saturated rings. The van der Waals surface area contributed by atoms with Crippen molar-refractivity contribution in [3.8, 4) is 6.07 Å². The van der Waals surface area contributed by atoms with Gasteiger partial charge in [0.25, 0.3) is 5.91 Å². The fourth-order valence-corrected chi connectivity index (χ4v) is 4.71. The summed E-state index contributed by atoms with van der Waals surface area (Å²) >= 11 is 0. The van der Waals surface area contributed by atoms with Crippen LogP contribution < -0.4 is 15.5 Å². The summed E-state index contributed by atoms with van der Waals surface area (Å²) in [5.74, 6) is 1.14. The average molecular weight is 414 g/mol. The standard InChI is InChI=1S/C21H23N5O2.ClH/c1-12-10-26(17-5-4-13(7-22)19-14(17)3-2-6-24-19)11-18(28-12)21(27)25-20-15-8-23-9-16(15)20;/h2-6,12,15-16,18,20,23H,8-11H2,1H3,(H,25,27);1H/t12?,15-,16-,18?;/m0./s1. The first-order chi connectivity index (χ1) is 13.7. The number of rotatable bonds is 3. The molecular formula is C21H24ClN5O2. The zero-order valence-corrected chi connectivity index (χ0v) is 17.0. The molecule has 2 aliphatic heterocycles. The maximum absolute atomic E-state index is 12.8. The van der Waals surface area contributed by atoms with Gasteiger partial charge < -0.3 is 20.3 Å². The highest BCUT2D eigenvalue weighted by atomic mass is 35.5. The molecule has 2 unspecified atom stereocenters. The molecular weight excluding hydrogens is 390 g/mol. The molecule has 3 heterocycles. The van der Waals surface area contributed by atoms with E-state index in [4.69, 9.17) is 4.74 Å². The molecule has 0 bridgehead atoms. The first-order valence-electron chi connectivity index (χ1n) is 9.85. The SMILES string of the molecule is CC1CN(c2ccc(C#N)c3ncccc23)CC(C(=O)NC2[C@H]3CNC[C@H]23)O1.Cl. The maximum atomic E-state index is 12.8. The highest BCUT2D eigenvalue weighted by Gasteiger charge is 2.54. The van der Waals surface area contributed by atoms with Crippen LogP contribution in [0.2, 0.25) is 0 Å². The Morgan fingerprint density at radius 3 is 2.86 bits per heavy atom. The van der Waals surface area contributed by atoms with E-state index in [-0.39, 0.29) is 24.4 Å². The van der Waals surface area contributed by atoms with Gasteiger partial charge in [-0.3, -0.25) is 9.78 Å². The Kier molecular flexibility index (Phi) is 5.34. The molecule has 1 aromatic heterocycles. The maximum Gasteiger partial charge on any atom is 0.251 e. The van der Waals surface area contributed by atoms with E-state index in [1.54, 1.807) is 12.3 Å². The lowest BCUT2D eigenvalue weighted by atomic mass is 10.1. The summed E-state index contributed by atoms with van der Waals surface area (Å²) in [5, 5.41) is 16.8. The Morgan fingerprint density at radius 2 is 2.10 bits per heavy atom. The highest BCUT2D eigenvalue weighted by Crippen LogP contribution is 2.41. The van der Waals surface area contributed by atoms with Gasteiger partial charge in [-0.15, -0.1) is 12.4 Å². The number of benzene rings is 1. The van der Waals surface area contributed by atoms with Gasteiger partial charge in [-0.25, -0.2) is 0 Å². The van der Waals surface area contributed by atoms with Gasteiger partial charge in [0.2, 0.25) is 0 Å². The smallest absolute Gasteiger partial charge is 0.251 e. The lowest BCUT2D eigenvalue weighted by Gasteiger charge is -2.38. The van der Waals surface area contributed by atoms with Crippen molar-refractivity contribution >= 4 is 34.9 Å². The summed E-state index contributed by atoms with van der Waals surface area (Å²) < 4.78 is 5.97. The van der Waals surface area contributed by atoms with Gasteiger partial charge in [0.05, 0.1) is 23.7 Å². The van der Waals surface area contributed by atoms with E-state index in [9.17, 15) is 10.1 Å². The Hall–Kier alpha value is -2.40. The summed E-state index contributed by atoms with van der Waals surface area (Å²) in [4.78, 5) is 19.4. The van der Waals surface area contributed by atoms with Crippen molar-refractivity contribution in [1.29, 1.82) is 5.26 Å². The number of morpholine rings is 1. The minimum absolute atomic E-state index is 0. The number of nitrogens with zero attached hydrogens (tertiary/aromatic N) is 3. The van der Waals surface area contributed by atoms with Crippen molar-refractivity contribution in [2.45, 2.75) is 25.2 Å². The van der Waals surface area contributed by atoms with Gasteiger partial charge in [0.15, 0.2) is 6.10 Å². The number of hydrogen-bond donors (Lipinski definition) is 2. The monoisotopic (exact) mass is 413 g/mol. The van der Waals surface area contributed by atoms with Gasteiger partial charge in [-0.05, 0) is 43.0 Å². The number of pyridine rings is 1. The third-order valence-corrected chi connectivity index (χ3v) is 6.16. The first kappa shape index (κ1) is 19.9. The zero-order chi connectivity index (χ0) is 19.3. The van der Waals surface area contributed by atoms with E-state index in [1.807, 2.05) is 25.1 Å². The molecule has 1 saturated carbocycles. The van der Waals surface area contributed by atoms with Crippen LogP contribution in [0.5, 0.6) is 0 Å². The number of anilines is 1. The molecule has 7 nitrogen and oxygen atoms in total. The van der Waals surface area contributed by atoms with Crippen molar-refractivity contribution in [3.05, 3.63) is 36.0 Å². The summed E-state index contributed by atoms with van der Waals surface area (Å²) in [5.41, 5.74) is 2.24. The molecule has 0 spiro atoms. The van der Waals surface area contributed by atoms with E-state index in [0.717, 1.165) is 24.2 Å². The van der Waals surface area contributed by atoms with Gasteiger partial charge >= 0.3 is 0 Å². The van der Waals surface area contributed by atoms with E-state index in [2.05, 4.69) is 26.6 Å². The van der Waals surface area contributed by atoms with E-state index >= 15 is 0 Å². The van der Waals surface area contributed by atoms with Gasteiger partial charge in [0.1, 0.15) is 6.07 Å². The second-order valence-electron chi connectivity index (χ2n) is 8.00. The molecule has 152 valence electrons. The van der Waals surface area contributed by atoms with Crippen molar-refractivity contribution in [2.24, 2.45) is 11.8 Å². The zero-order valence-electron chi connectivity index (χ0n) is 16.2. The molecule has 2 N–H and O–H groups in total. The molecule has 5 rings (SSSR count). The topological polar surface area (TPSA) is 90.3 Å². The number of halogens is 1. The number of nitriles is 1. The van der Waals surface area contributed by atoms with Crippen LogP contribution >= 0.6 is 12.4 Å². The Balaban J connectivity index is 0.00000205. The average Bonchev–Trinajstić information content (AvgIpc) is 3.12. The van der Waals surface area contributed by atoms with Crippen molar-refractivity contribution in [1.82, 2.24) is 15.6 Å². The number of nitrogens with one attached hydrogen (secondary N) is 2. The van der Waals surface area contributed by atoms with E-state index in [0.29, 0.717) is 42.0 Å². The second-order valence-corrected chi connectivity index (χ2v) is 8.00. The van der Waals surface area contributed by atoms with Crippen LogP contribution in [0.25, 0.3) is 10.9 Å². The molecule has 4 atom stereocenters. The summed E-state index contributed by atoms with van der Waals surface area (Å²) in [6.45, 7) is 5.17. The van der Waals surface area contributed by atoms with Crippen LogP contribution in [0.3, 0.4) is 0 Å². The number of carbonyl (C=O) groups is 1. The van der Waals surface area contributed by atoms with Crippen LogP contribution in [0.15, 0.2) is 30.5 Å². The second kappa shape index (κ2) is 7.79. The third kappa shape index (κ3) is 3.52. The summed E-state index contributed by atoms with van der Waals surface area (Å²) in [6, 6.07) is 10.1. The molecule has 0 radical (unpaired) electrons. The molecule has 1 aromatic carbocycles. The van der Waals surface area contributed by atoms with Gasteiger partial charge in [-0.1, -0.05) is 0 Å². The Bertz CT molecular complexity index is 967. The molecule has 29 heavy (non-hydrogen) atoms. The number of amides is 1. The summed E-state index contributed by atoms with van der Waals surface area (Å²) in [6.07, 6.45) is 1.14. The largest absolute Gasteiger partial charge is 0.365 e. The molecule has 1 aliphatic carbocycles. The fourth-order valence-electron chi connectivity index (χ4n) is 4.71. The molecule has 8 heteroatoms. The number of ether oxygens (including phenoxy) is 1. The number of fused-ring (bicyclic) bond motifs is 2. The van der Waals surface area contributed by atoms with Crippen LogP contribution in [-0.2, 0) is 9.53 Å². The number of carbonyl (C=O) groups excluding carboxylic acids is 1. The quantitative estimate of drug-likeness (QED) is 0.791. The van der Waals surface area contributed by atoms with E-state index in [1.165, 1.54) is 0 Å². The van der Waals surface area contributed by atoms with Crippen molar-refractivity contribution in [3.63, 3.8) is 0 Å². The molecule has 1 amide bonds. The minimum atomic E-state index is -0.500. The van der Waals surface area contributed by atoms with Crippen LogP contribution in [-0.4, -0.2) is 55.3 Å². The molecule has 3 aliphatic rings. The van der Waals surface area contributed by atoms with Crippen LogP contribution in [0.4, 0.5) is 5.69 Å². The summed E-state index contributed by atoms with van der Waals surface area (Å²) in [7, 11) is 0. The third-order valence-electron chi connectivity index (χ3n) is 6.16. The number of hydrogen-bond acceptors (Lipinski definition) is 6. The lowest BCUT2D eigenvalue weighted by molar-refractivity contribution is -0.137. The Labute approximate surface area is 175 Å². The normalized spacial score (nSPS) is 30.2. The Morgan fingerprint density at radius 1 is 1.31 bits per heavy atom. The highest BCUT2D eigenvalue weighted by molar-refractivity contribution is 5.95. The predicted molar refractivity (Wildman–Crippen MR) is 112 cm³/mol. The van der Waals surface area contributed by atoms with E-state index < -0.39 is 6.10 Å². The van der Waals surface area contributed by atoms with Crippen molar-refractivity contribution in [2.75, 3.05) is 31.1 Å².